The number of hydrogen-bond acceptors (Lipinski definition) is 1. The number of rotatable bonds is 0. The van der Waals surface area contributed by atoms with Crippen LogP contribution < -0.4 is 5.12 Å². The monoisotopic (exact) mass is 167 g/mol. The minimum absolute atomic E-state index is 0.191. The normalized spacial score (nSPS) is 14.7. The summed E-state index contributed by atoms with van der Waals surface area (Å²) in [7, 11) is 0. The van der Waals surface area contributed by atoms with Gasteiger partial charge in [0.25, 0.3) is 0 Å². The zero-order valence-electron chi connectivity index (χ0n) is 6.30. The van der Waals surface area contributed by atoms with Crippen LogP contribution in [0.1, 0.15) is 5.56 Å². The summed E-state index contributed by atoms with van der Waals surface area (Å²) in [4.78, 5) is 0. The van der Waals surface area contributed by atoms with Gasteiger partial charge in [-0.1, -0.05) is 22.7 Å². The largest absolute Gasteiger partial charge is 0.207 e. The van der Waals surface area contributed by atoms with Gasteiger partial charge in [0.05, 0.1) is 12.2 Å². The number of halogens is 2. The predicted octanol–water partition coefficient (Wildman–Crippen LogP) is 2.54. The summed E-state index contributed by atoms with van der Waals surface area (Å²) in [6.07, 6.45) is 3.19. The van der Waals surface area contributed by atoms with Crippen molar-refractivity contribution in [2.45, 2.75) is 0 Å². The first-order chi connectivity index (χ1) is 5.79. The topological polar surface area (TPSA) is 3.24 Å². The lowest BCUT2D eigenvalue weighted by Gasteiger charge is -2.18. The van der Waals surface area contributed by atoms with E-state index in [-0.39, 0.29) is 12.4 Å². The molecule has 62 valence electrons. The van der Waals surface area contributed by atoms with E-state index in [0.717, 1.165) is 0 Å². The molecule has 1 aromatic rings. The van der Waals surface area contributed by atoms with E-state index in [2.05, 4.69) is 0 Å². The first-order valence-electron chi connectivity index (χ1n) is 3.67. The van der Waals surface area contributed by atoms with Gasteiger partial charge >= 0.3 is 0 Å². The molecule has 3 heteroatoms. The summed E-state index contributed by atoms with van der Waals surface area (Å²) in [5.74, 6) is -0.383. The van der Waals surface area contributed by atoms with Crippen molar-refractivity contribution in [2.24, 2.45) is 0 Å². The Morgan fingerprint density at radius 3 is 2.92 bits per heavy atom. The lowest BCUT2D eigenvalue weighted by molar-refractivity contribution is 0.451. The molecule has 0 aromatic heterocycles. The Kier molecular flexibility index (Phi) is 1.57. The lowest BCUT2D eigenvalue weighted by Crippen LogP contribution is -2.15. The molecule has 0 saturated carbocycles. The molecule has 0 amide bonds. The molecule has 0 radical (unpaired) electrons. The van der Waals surface area contributed by atoms with E-state index in [9.17, 15) is 8.87 Å². The third-order valence-electron chi connectivity index (χ3n) is 1.84. The van der Waals surface area contributed by atoms with Crippen molar-refractivity contribution >= 4 is 11.8 Å². The quantitative estimate of drug-likeness (QED) is 0.537. The third-order valence-corrected chi connectivity index (χ3v) is 1.84. The average molecular weight is 167 g/mol. The number of benzene rings is 1. The van der Waals surface area contributed by atoms with E-state index in [1.807, 2.05) is 0 Å². The van der Waals surface area contributed by atoms with Gasteiger partial charge in [0.2, 0.25) is 0 Å². The van der Waals surface area contributed by atoms with Gasteiger partial charge in [-0.05, 0) is 12.1 Å². The van der Waals surface area contributed by atoms with Crippen molar-refractivity contribution in [1.29, 1.82) is 0 Å². The van der Waals surface area contributed by atoms with Crippen LogP contribution in [0.4, 0.5) is 14.6 Å². The second-order valence-electron chi connectivity index (χ2n) is 2.62. The zero-order chi connectivity index (χ0) is 8.55. The van der Waals surface area contributed by atoms with Crippen LogP contribution in [0.5, 0.6) is 0 Å². The predicted molar refractivity (Wildman–Crippen MR) is 43.9 cm³/mol. The highest BCUT2D eigenvalue weighted by Gasteiger charge is 2.14. The van der Waals surface area contributed by atoms with Crippen molar-refractivity contribution in [3.8, 4) is 0 Å². The minimum atomic E-state index is -0.383. The molecule has 1 aromatic carbocycles. The fraction of sp³-hybridized carbons (Fsp3) is 0.111. The van der Waals surface area contributed by atoms with E-state index < -0.39 is 0 Å². The average Bonchev–Trinajstić information content (AvgIpc) is 2.07. The van der Waals surface area contributed by atoms with E-state index in [0.29, 0.717) is 16.4 Å². The Balaban J connectivity index is 2.61. The molecule has 0 bridgehead atoms. The molecule has 0 saturated heterocycles. The first kappa shape index (κ1) is 7.28. The van der Waals surface area contributed by atoms with Crippen molar-refractivity contribution in [2.75, 3.05) is 11.7 Å². The molecule has 1 nitrogen and oxygen atoms in total. The van der Waals surface area contributed by atoms with Gasteiger partial charge in [0.15, 0.2) is 0 Å². The maximum Gasteiger partial charge on any atom is 0.132 e. The summed E-state index contributed by atoms with van der Waals surface area (Å²) >= 11 is 0. The highest BCUT2D eigenvalue weighted by Crippen LogP contribution is 2.27. The van der Waals surface area contributed by atoms with Gasteiger partial charge < -0.3 is 0 Å². The zero-order valence-corrected chi connectivity index (χ0v) is 6.30. The Hall–Kier alpha value is -1.38. The number of anilines is 1. The maximum absolute atomic E-state index is 13.0. The van der Waals surface area contributed by atoms with Crippen LogP contribution in [0.25, 0.3) is 6.08 Å². The van der Waals surface area contributed by atoms with Crippen LogP contribution in [-0.4, -0.2) is 6.54 Å². The van der Waals surface area contributed by atoms with Gasteiger partial charge in [0, 0.05) is 5.56 Å². The molecular weight excluding hydrogens is 160 g/mol. The SMILES string of the molecule is Fc1cccc2c1C=CCN2F. The summed E-state index contributed by atoms with van der Waals surface area (Å²) < 4.78 is 26.0. The van der Waals surface area contributed by atoms with Crippen LogP contribution in [-0.2, 0) is 0 Å². The van der Waals surface area contributed by atoms with Crippen molar-refractivity contribution in [3.05, 3.63) is 35.7 Å². The molecule has 1 aliphatic heterocycles. The first-order valence-corrected chi connectivity index (χ1v) is 3.67. The Morgan fingerprint density at radius 1 is 1.33 bits per heavy atom. The van der Waals surface area contributed by atoms with Crippen molar-refractivity contribution < 1.29 is 8.87 Å². The van der Waals surface area contributed by atoms with Gasteiger partial charge in [-0.15, -0.1) is 0 Å². The van der Waals surface area contributed by atoms with Gasteiger partial charge in [0.1, 0.15) is 5.82 Å². The fourth-order valence-electron chi connectivity index (χ4n) is 1.26. The Labute approximate surface area is 68.9 Å². The molecule has 12 heavy (non-hydrogen) atoms. The van der Waals surface area contributed by atoms with E-state index in [1.165, 1.54) is 12.1 Å². The fourth-order valence-corrected chi connectivity index (χ4v) is 1.26. The lowest BCUT2D eigenvalue weighted by atomic mass is 10.1. The van der Waals surface area contributed by atoms with Crippen molar-refractivity contribution in [3.63, 3.8) is 0 Å². The highest BCUT2D eigenvalue weighted by atomic mass is 19.2. The van der Waals surface area contributed by atoms with E-state index in [4.69, 9.17) is 0 Å². The Bertz CT molecular complexity index is 333. The van der Waals surface area contributed by atoms with Crippen LogP contribution in [0, 0.1) is 5.82 Å². The molecule has 0 fully saturated rings. The van der Waals surface area contributed by atoms with E-state index >= 15 is 0 Å². The summed E-state index contributed by atoms with van der Waals surface area (Å²) in [6, 6.07) is 4.38. The molecule has 0 aliphatic carbocycles. The molecule has 0 N–H and O–H groups in total. The number of fused-ring (bicyclic) bond motifs is 1. The maximum atomic E-state index is 13.0. The molecule has 2 rings (SSSR count). The number of hydrogen-bond donors (Lipinski definition) is 0. The van der Waals surface area contributed by atoms with Crippen LogP contribution in [0.3, 0.4) is 0 Å². The molecule has 0 unspecified atom stereocenters. The molecular formula is C9H7F2N. The Morgan fingerprint density at radius 2 is 2.17 bits per heavy atom. The molecule has 0 spiro atoms. The van der Waals surface area contributed by atoms with E-state index in [1.54, 1.807) is 18.2 Å². The smallest absolute Gasteiger partial charge is 0.132 e. The van der Waals surface area contributed by atoms with Gasteiger partial charge in [-0.3, -0.25) is 0 Å². The van der Waals surface area contributed by atoms with Crippen LogP contribution >= 0.6 is 0 Å². The standard InChI is InChI=1S/C9H7F2N/c10-8-4-1-5-9-7(8)3-2-6-12(9)11/h1-5H,6H2. The summed E-state index contributed by atoms with van der Waals surface area (Å²) in [5.41, 5.74) is 0.628. The summed E-state index contributed by atoms with van der Waals surface area (Å²) in [6.45, 7) is 0.191. The summed E-state index contributed by atoms with van der Waals surface area (Å²) in [5, 5.41) is 0.526. The molecule has 0 atom stereocenters. The molecule has 1 heterocycles. The van der Waals surface area contributed by atoms with Crippen molar-refractivity contribution in [1.82, 2.24) is 0 Å². The second kappa shape index (κ2) is 2.59. The van der Waals surface area contributed by atoms with Crippen LogP contribution in [0.2, 0.25) is 0 Å². The second-order valence-corrected chi connectivity index (χ2v) is 2.62. The highest BCUT2D eigenvalue weighted by molar-refractivity contribution is 5.70. The van der Waals surface area contributed by atoms with Gasteiger partial charge in [-0.25, -0.2) is 9.51 Å². The molecule has 1 aliphatic rings. The van der Waals surface area contributed by atoms with Crippen LogP contribution in [0.15, 0.2) is 24.3 Å². The van der Waals surface area contributed by atoms with Gasteiger partial charge in [-0.2, -0.15) is 0 Å². The minimum Gasteiger partial charge on any atom is -0.207 e. The number of nitrogens with zero attached hydrogens (tertiary/aromatic N) is 1. The third kappa shape index (κ3) is 0.978.